The molecule has 2 aromatic heterocycles. The van der Waals surface area contributed by atoms with Crippen LogP contribution < -0.4 is 4.74 Å². The fourth-order valence-corrected chi connectivity index (χ4v) is 1.48. The summed E-state index contributed by atoms with van der Waals surface area (Å²) in [6.07, 6.45) is 1.37. The molecule has 2 aromatic rings. The Balaban J connectivity index is 2.64. The van der Waals surface area contributed by atoms with Crippen molar-refractivity contribution in [2.75, 3.05) is 13.9 Å². The number of aryl methyl sites for hydroxylation is 1. The van der Waals surface area contributed by atoms with E-state index in [1.54, 1.807) is 6.92 Å². The number of pyridine rings is 1. The van der Waals surface area contributed by atoms with Crippen molar-refractivity contribution in [3.05, 3.63) is 23.0 Å². The highest BCUT2D eigenvalue weighted by molar-refractivity contribution is 6.30. The van der Waals surface area contributed by atoms with Gasteiger partial charge in [0.15, 0.2) is 17.8 Å². The summed E-state index contributed by atoms with van der Waals surface area (Å²) in [5.41, 5.74) is 0.0867. The maximum Gasteiger partial charge on any atom is 0.228 e. The summed E-state index contributed by atoms with van der Waals surface area (Å²) in [5, 5.41) is 0.128. The Morgan fingerprint density at radius 2 is 2.18 bits per heavy atom. The lowest BCUT2D eigenvalue weighted by molar-refractivity contribution is 0.0488. The zero-order valence-electron chi connectivity index (χ0n) is 9.20. The van der Waals surface area contributed by atoms with Gasteiger partial charge >= 0.3 is 0 Å². The molecule has 0 saturated carbocycles. The monoisotopic (exact) mass is 257 g/mol. The molecule has 90 valence electrons. The largest absolute Gasteiger partial charge is 0.450 e. The average molecular weight is 258 g/mol. The first-order valence-electron chi connectivity index (χ1n) is 4.73. The third-order valence-corrected chi connectivity index (χ3v) is 2.30. The topological polar surface area (TPSA) is 57.1 Å². The number of nitrogens with zero attached hydrogens (tertiary/aromatic N) is 3. The van der Waals surface area contributed by atoms with Crippen molar-refractivity contribution < 1.29 is 13.9 Å². The second-order valence-corrected chi connectivity index (χ2v) is 3.61. The highest BCUT2D eigenvalue weighted by Crippen LogP contribution is 2.26. The fourth-order valence-electron chi connectivity index (χ4n) is 1.34. The van der Waals surface area contributed by atoms with Crippen LogP contribution in [0.3, 0.4) is 0 Å². The lowest BCUT2D eigenvalue weighted by Gasteiger charge is -2.08. The number of fused-ring (bicyclic) bond motifs is 1. The summed E-state index contributed by atoms with van der Waals surface area (Å²) in [7, 11) is 1.48. The first-order valence-corrected chi connectivity index (χ1v) is 5.11. The van der Waals surface area contributed by atoms with E-state index in [1.807, 2.05) is 0 Å². The number of aromatic nitrogens is 3. The van der Waals surface area contributed by atoms with Gasteiger partial charge in [-0.1, -0.05) is 11.6 Å². The first kappa shape index (κ1) is 11.9. The van der Waals surface area contributed by atoms with Gasteiger partial charge in [-0.05, 0) is 6.92 Å². The zero-order valence-corrected chi connectivity index (χ0v) is 9.95. The summed E-state index contributed by atoms with van der Waals surface area (Å²) < 4.78 is 23.7. The molecule has 0 spiro atoms. The maximum absolute atomic E-state index is 13.7. The molecule has 17 heavy (non-hydrogen) atoms. The number of rotatable bonds is 3. The summed E-state index contributed by atoms with van der Waals surface area (Å²) in [6.45, 7) is 1.64. The molecule has 0 unspecified atom stereocenters. The van der Waals surface area contributed by atoms with Crippen molar-refractivity contribution in [1.29, 1.82) is 0 Å². The molecule has 0 bridgehead atoms. The van der Waals surface area contributed by atoms with Gasteiger partial charge in [-0.25, -0.2) is 14.4 Å². The smallest absolute Gasteiger partial charge is 0.228 e. The van der Waals surface area contributed by atoms with Crippen molar-refractivity contribution in [2.45, 2.75) is 6.92 Å². The molecule has 2 rings (SSSR count). The van der Waals surface area contributed by atoms with Gasteiger partial charge in [0, 0.05) is 13.3 Å². The van der Waals surface area contributed by atoms with Gasteiger partial charge < -0.3 is 9.47 Å². The molecular weight excluding hydrogens is 249 g/mol. The van der Waals surface area contributed by atoms with Crippen LogP contribution in [0, 0.1) is 12.7 Å². The second-order valence-electron chi connectivity index (χ2n) is 3.25. The van der Waals surface area contributed by atoms with Crippen molar-refractivity contribution in [1.82, 2.24) is 15.0 Å². The Morgan fingerprint density at radius 1 is 1.41 bits per heavy atom. The Bertz CT molecular complexity index is 565. The van der Waals surface area contributed by atoms with Crippen LogP contribution in [0.1, 0.15) is 5.82 Å². The molecule has 0 atom stereocenters. The van der Waals surface area contributed by atoms with Crippen LogP contribution in [-0.2, 0) is 4.74 Å². The van der Waals surface area contributed by atoms with Gasteiger partial charge in [-0.3, -0.25) is 0 Å². The number of ether oxygens (including phenoxy) is 2. The van der Waals surface area contributed by atoms with Crippen LogP contribution >= 0.6 is 11.6 Å². The van der Waals surface area contributed by atoms with E-state index in [4.69, 9.17) is 21.1 Å². The molecule has 0 saturated heterocycles. The highest BCUT2D eigenvalue weighted by atomic mass is 35.5. The lowest BCUT2D eigenvalue weighted by atomic mass is 10.3. The molecule has 0 aliphatic carbocycles. The van der Waals surface area contributed by atoms with E-state index in [0.29, 0.717) is 11.2 Å². The Morgan fingerprint density at radius 3 is 2.88 bits per heavy atom. The second kappa shape index (κ2) is 4.77. The third kappa shape index (κ3) is 2.27. The molecule has 2 heterocycles. The zero-order chi connectivity index (χ0) is 12.4. The summed E-state index contributed by atoms with van der Waals surface area (Å²) in [5.74, 6) is -0.0841. The summed E-state index contributed by atoms with van der Waals surface area (Å²) in [4.78, 5) is 11.7. The van der Waals surface area contributed by atoms with Gasteiger partial charge in [0.2, 0.25) is 5.88 Å². The lowest BCUT2D eigenvalue weighted by Crippen LogP contribution is -2.04. The van der Waals surface area contributed by atoms with E-state index in [1.165, 1.54) is 13.3 Å². The van der Waals surface area contributed by atoms with Crippen LogP contribution in [0.2, 0.25) is 5.15 Å². The van der Waals surface area contributed by atoms with E-state index < -0.39 is 5.82 Å². The summed E-state index contributed by atoms with van der Waals surface area (Å²) in [6, 6.07) is 0. The minimum Gasteiger partial charge on any atom is -0.450 e. The van der Waals surface area contributed by atoms with E-state index in [9.17, 15) is 4.39 Å². The molecule has 0 aromatic carbocycles. The molecular formula is C10H9ClFN3O2. The molecule has 0 fully saturated rings. The Hall–Kier alpha value is -1.53. The number of hydrogen-bond donors (Lipinski definition) is 0. The van der Waals surface area contributed by atoms with E-state index in [2.05, 4.69) is 15.0 Å². The highest BCUT2D eigenvalue weighted by Gasteiger charge is 2.14. The van der Waals surface area contributed by atoms with Crippen LogP contribution in [0.4, 0.5) is 4.39 Å². The molecule has 5 nitrogen and oxygen atoms in total. The molecule has 0 aliphatic rings. The van der Waals surface area contributed by atoms with Gasteiger partial charge in [0.1, 0.15) is 11.3 Å². The van der Waals surface area contributed by atoms with Crippen molar-refractivity contribution in [2.24, 2.45) is 0 Å². The van der Waals surface area contributed by atoms with Crippen LogP contribution in [0.25, 0.3) is 10.9 Å². The average Bonchev–Trinajstić information content (AvgIpc) is 2.31. The SMILES string of the molecule is COCOc1nc(C)nc2c(F)c(Cl)ncc12. The maximum atomic E-state index is 13.7. The number of methoxy groups -OCH3 is 1. The van der Waals surface area contributed by atoms with Gasteiger partial charge in [-0.15, -0.1) is 0 Å². The molecule has 0 N–H and O–H groups in total. The summed E-state index contributed by atoms with van der Waals surface area (Å²) >= 11 is 5.58. The predicted molar refractivity (Wildman–Crippen MR) is 59.5 cm³/mol. The van der Waals surface area contributed by atoms with Crippen molar-refractivity contribution in [3.8, 4) is 5.88 Å². The number of hydrogen-bond acceptors (Lipinski definition) is 5. The van der Waals surface area contributed by atoms with E-state index in [0.717, 1.165) is 0 Å². The minimum absolute atomic E-state index is 0.00972. The van der Waals surface area contributed by atoms with Gasteiger partial charge in [0.25, 0.3) is 0 Å². The quantitative estimate of drug-likeness (QED) is 0.623. The van der Waals surface area contributed by atoms with Crippen LogP contribution in [0.15, 0.2) is 6.20 Å². The molecule has 7 heteroatoms. The van der Waals surface area contributed by atoms with Gasteiger partial charge in [0.05, 0.1) is 5.39 Å². The minimum atomic E-state index is -0.683. The van der Waals surface area contributed by atoms with Crippen molar-refractivity contribution >= 4 is 22.5 Å². The standard InChI is InChI=1S/C10H9ClFN3O2/c1-5-14-8-6(3-13-9(11)7(8)12)10(15-5)17-4-16-2/h3H,4H2,1-2H3. The predicted octanol–water partition coefficient (Wildman–Crippen LogP) is 2.11. The molecule has 0 radical (unpaired) electrons. The van der Waals surface area contributed by atoms with E-state index >= 15 is 0 Å². The van der Waals surface area contributed by atoms with Crippen LogP contribution in [-0.4, -0.2) is 28.9 Å². The normalized spacial score (nSPS) is 10.8. The Kier molecular flexibility index (Phi) is 3.35. The van der Waals surface area contributed by atoms with Gasteiger partial charge in [-0.2, -0.15) is 4.98 Å². The fraction of sp³-hybridized carbons (Fsp3) is 0.300. The van der Waals surface area contributed by atoms with Crippen molar-refractivity contribution in [3.63, 3.8) is 0 Å². The van der Waals surface area contributed by atoms with E-state index in [-0.39, 0.29) is 23.3 Å². The Labute approximate surface area is 102 Å². The third-order valence-electron chi connectivity index (χ3n) is 2.03. The number of halogens is 2. The molecule has 0 aliphatic heterocycles. The van der Waals surface area contributed by atoms with Crippen LogP contribution in [0.5, 0.6) is 5.88 Å². The first-order chi connectivity index (χ1) is 8.13. The molecule has 0 amide bonds.